The fourth-order valence-corrected chi connectivity index (χ4v) is 2.31. The second-order valence-electron chi connectivity index (χ2n) is 4.96. The van der Waals surface area contributed by atoms with Gasteiger partial charge in [-0.25, -0.2) is 22.3 Å². The summed E-state index contributed by atoms with van der Waals surface area (Å²) >= 11 is 0. The number of hydrogen-bond donors (Lipinski definition) is 2. The minimum absolute atomic E-state index is 0.148. The van der Waals surface area contributed by atoms with Crippen LogP contribution in [-0.2, 0) is 10.0 Å². The molecule has 0 heterocycles. The summed E-state index contributed by atoms with van der Waals surface area (Å²) in [6.45, 7) is 5.58. The van der Waals surface area contributed by atoms with Gasteiger partial charge in [-0.2, -0.15) is 0 Å². The van der Waals surface area contributed by atoms with Gasteiger partial charge in [0.2, 0.25) is 10.0 Å². The Labute approximate surface area is 122 Å². The molecule has 0 bridgehead atoms. The van der Waals surface area contributed by atoms with Crippen molar-refractivity contribution in [3.8, 4) is 0 Å². The van der Waals surface area contributed by atoms with Crippen LogP contribution in [0, 0.1) is 17.6 Å². The van der Waals surface area contributed by atoms with Crippen molar-refractivity contribution < 1.29 is 22.0 Å². The number of carbonyl (C=O) groups is 1. The lowest BCUT2D eigenvalue weighted by Crippen LogP contribution is -2.37. The molecule has 21 heavy (non-hydrogen) atoms. The fourth-order valence-electron chi connectivity index (χ4n) is 1.70. The van der Waals surface area contributed by atoms with Gasteiger partial charge in [0.15, 0.2) is 0 Å². The van der Waals surface area contributed by atoms with Gasteiger partial charge in [0, 0.05) is 12.1 Å². The topological polar surface area (TPSA) is 89.3 Å². The van der Waals surface area contributed by atoms with Crippen molar-refractivity contribution >= 4 is 15.9 Å². The van der Waals surface area contributed by atoms with E-state index >= 15 is 0 Å². The Morgan fingerprint density at radius 3 is 2.33 bits per heavy atom. The summed E-state index contributed by atoms with van der Waals surface area (Å²) in [5.74, 6) is -3.14. The molecule has 1 aromatic rings. The van der Waals surface area contributed by atoms with Crippen molar-refractivity contribution in [2.75, 3.05) is 0 Å². The van der Waals surface area contributed by atoms with Gasteiger partial charge >= 0.3 is 0 Å². The summed E-state index contributed by atoms with van der Waals surface area (Å²) in [5.41, 5.74) is -0.560. The molecule has 0 aliphatic heterocycles. The summed E-state index contributed by atoms with van der Waals surface area (Å²) in [4.78, 5) is 11.1. The van der Waals surface area contributed by atoms with E-state index in [4.69, 9.17) is 5.14 Å². The Hall–Kier alpha value is -1.54. The Balaban J connectivity index is 3.16. The third-order valence-electron chi connectivity index (χ3n) is 3.43. The second-order valence-corrected chi connectivity index (χ2v) is 6.48. The maximum absolute atomic E-state index is 13.7. The molecule has 3 N–H and O–H groups in total. The van der Waals surface area contributed by atoms with E-state index in [1.807, 2.05) is 13.8 Å². The smallest absolute Gasteiger partial charge is 0.254 e. The number of halogens is 2. The SMILES string of the molecule is CCC(C)C(C)NC(=O)c1cc(S(N)(=O)=O)c(F)cc1F. The maximum Gasteiger partial charge on any atom is 0.254 e. The number of carbonyl (C=O) groups excluding carboxylic acids is 1. The van der Waals surface area contributed by atoms with Crippen LogP contribution in [0.2, 0.25) is 0 Å². The van der Waals surface area contributed by atoms with Gasteiger partial charge in [0.25, 0.3) is 5.91 Å². The van der Waals surface area contributed by atoms with Gasteiger partial charge in [-0.3, -0.25) is 4.79 Å². The normalized spacial score (nSPS) is 14.6. The molecule has 0 spiro atoms. The molecule has 1 aromatic carbocycles. The van der Waals surface area contributed by atoms with Crippen LogP contribution in [-0.4, -0.2) is 20.4 Å². The van der Waals surface area contributed by atoms with Crippen molar-refractivity contribution in [2.24, 2.45) is 11.1 Å². The van der Waals surface area contributed by atoms with Crippen LogP contribution in [0.4, 0.5) is 8.78 Å². The molecule has 8 heteroatoms. The van der Waals surface area contributed by atoms with Crippen molar-refractivity contribution in [1.29, 1.82) is 0 Å². The second kappa shape index (κ2) is 6.48. The predicted molar refractivity (Wildman–Crippen MR) is 74.1 cm³/mol. The van der Waals surface area contributed by atoms with E-state index in [0.717, 1.165) is 6.42 Å². The molecule has 2 unspecified atom stereocenters. The van der Waals surface area contributed by atoms with Crippen LogP contribution in [0.25, 0.3) is 0 Å². The minimum Gasteiger partial charge on any atom is -0.349 e. The Kier molecular flexibility index (Phi) is 5.41. The third kappa shape index (κ3) is 4.21. The highest BCUT2D eigenvalue weighted by Crippen LogP contribution is 2.19. The molecule has 118 valence electrons. The fraction of sp³-hybridized carbons (Fsp3) is 0.462. The van der Waals surface area contributed by atoms with E-state index < -0.39 is 38.0 Å². The number of rotatable bonds is 5. The van der Waals surface area contributed by atoms with Crippen LogP contribution in [0.1, 0.15) is 37.6 Å². The summed E-state index contributed by atoms with van der Waals surface area (Å²) in [6, 6.07) is 0.700. The predicted octanol–water partition coefficient (Wildman–Crippen LogP) is 1.78. The molecule has 0 saturated heterocycles. The van der Waals surface area contributed by atoms with Gasteiger partial charge < -0.3 is 5.32 Å². The lowest BCUT2D eigenvalue weighted by atomic mass is 10.0. The highest BCUT2D eigenvalue weighted by molar-refractivity contribution is 7.89. The number of nitrogens with one attached hydrogen (secondary N) is 1. The third-order valence-corrected chi connectivity index (χ3v) is 4.35. The Bertz CT molecular complexity index is 647. The first-order valence-electron chi connectivity index (χ1n) is 6.40. The van der Waals surface area contributed by atoms with Crippen LogP contribution in [0.15, 0.2) is 17.0 Å². The van der Waals surface area contributed by atoms with Crippen LogP contribution >= 0.6 is 0 Å². The first-order valence-corrected chi connectivity index (χ1v) is 7.95. The van der Waals surface area contributed by atoms with Gasteiger partial charge in [-0.15, -0.1) is 0 Å². The number of amides is 1. The monoisotopic (exact) mass is 320 g/mol. The Morgan fingerprint density at radius 2 is 1.86 bits per heavy atom. The lowest BCUT2D eigenvalue weighted by Gasteiger charge is -2.20. The first kappa shape index (κ1) is 17.5. The molecule has 0 aliphatic carbocycles. The van der Waals surface area contributed by atoms with Gasteiger partial charge in [-0.05, 0) is 18.9 Å². The number of benzene rings is 1. The summed E-state index contributed by atoms with van der Waals surface area (Å²) in [6.07, 6.45) is 0.801. The molecule has 5 nitrogen and oxygen atoms in total. The molecule has 1 amide bonds. The highest BCUT2D eigenvalue weighted by atomic mass is 32.2. The van der Waals surface area contributed by atoms with E-state index in [1.165, 1.54) is 0 Å². The van der Waals surface area contributed by atoms with Crippen molar-refractivity contribution in [3.63, 3.8) is 0 Å². The van der Waals surface area contributed by atoms with E-state index in [-0.39, 0.29) is 12.0 Å². The molecular weight excluding hydrogens is 302 g/mol. The molecule has 0 aliphatic rings. The zero-order valence-electron chi connectivity index (χ0n) is 12.0. The first-order chi connectivity index (χ1) is 9.57. The molecule has 0 fully saturated rings. The van der Waals surface area contributed by atoms with Crippen molar-refractivity contribution in [1.82, 2.24) is 5.32 Å². The van der Waals surface area contributed by atoms with Crippen LogP contribution in [0.5, 0.6) is 0 Å². The average molecular weight is 320 g/mol. The van der Waals surface area contributed by atoms with Crippen LogP contribution in [0.3, 0.4) is 0 Å². The zero-order chi connectivity index (χ0) is 16.4. The Morgan fingerprint density at radius 1 is 1.29 bits per heavy atom. The number of primary sulfonamides is 1. The van der Waals surface area contributed by atoms with Gasteiger partial charge in [0.1, 0.15) is 16.5 Å². The quantitative estimate of drug-likeness (QED) is 0.866. The van der Waals surface area contributed by atoms with Crippen LogP contribution < -0.4 is 10.5 Å². The van der Waals surface area contributed by atoms with E-state index in [9.17, 15) is 22.0 Å². The molecule has 0 saturated carbocycles. The molecule has 0 aromatic heterocycles. The van der Waals surface area contributed by atoms with Gasteiger partial charge in [-0.1, -0.05) is 20.3 Å². The highest BCUT2D eigenvalue weighted by Gasteiger charge is 2.23. The lowest BCUT2D eigenvalue weighted by molar-refractivity contribution is 0.0923. The number of hydrogen-bond acceptors (Lipinski definition) is 3. The van der Waals surface area contributed by atoms with Crippen molar-refractivity contribution in [3.05, 3.63) is 29.3 Å². The zero-order valence-corrected chi connectivity index (χ0v) is 12.8. The molecule has 0 radical (unpaired) electrons. The molecular formula is C13H18F2N2O3S. The van der Waals surface area contributed by atoms with Crippen molar-refractivity contribution in [2.45, 2.75) is 38.1 Å². The van der Waals surface area contributed by atoms with E-state index in [2.05, 4.69) is 5.32 Å². The van der Waals surface area contributed by atoms with E-state index in [0.29, 0.717) is 12.1 Å². The largest absolute Gasteiger partial charge is 0.349 e. The number of sulfonamides is 1. The van der Waals surface area contributed by atoms with Gasteiger partial charge in [0.05, 0.1) is 5.56 Å². The summed E-state index contributed by atoms with van der Waals surface area (Å²) in [5, 5.41) is 7.37. The standard InChI is InChI=1S/C13H18F2N2O3S/c1-4-7(2)8(3)17-13(18)9-5-12(21(16,19)20)11(15)6-10(9)14/h5-8H,4H2,1-3H3,(H,17,18)(H2,16,19,20). The van der Waals surface area contributed by atoms with E-state index in [1.54, 1.807) is 6.92 Å². The average Bonchev–Trinajstić information content (AvgIpc) is 2.35. The minimum atomic E-state index is -4.38. The summed E-state index contributed by atoms with van der Waals surface area (Å²) in [7, 11) is -4.38. The summed E-state index contributed by atoms with van der Waals surface area (Å²) < 4.78 is 49.5. The molecule has 2 atom stereocenters. The number of nitrogens with two attached hydrogens (primary N) is 1. The molecule has 1 rings (SSSR count). The maximum atomic E-state index is 13.7.